The third-order valence-corrected chi connectivity index (χ3v) is 6.39. The molecule has 3 saturated carbocycles. The minimum Gasteiger partial charge on any atom is -0.497 e. The first-order valence-corrected chi connectivity index (χ1v) is 9.09. The fourth-order valence-corrected chi connectivity index (χ4v) is 4.63. The molecule has 2 bridgehead atoms. The first-order chi connectivity index (χ1) is 11.6. The molecule has 0 radical (unpaired) electrons. The number of hydrogen-bond donors (Lipinski definition) is 0. The van der Waals surface area contributed by atoms with Crippen LogP contribution in [-0.4, -0.2) is 33.0 Å². The van der Waals surface area contributed by atoms with Gasteiger partial charge in [-0.25, -0.2) is 0 Å². The fraction of sp³-hybridized carbons (Fsp3) is 0.684. The van der Waals surface area contributed by atoms with Crippen molar-refractivity contribution in [3.63, 3.8) is 0 Å². The summed E-state index contributed by atoms with van der Waals surface area (Å²) in [6.07, 6.45) is 3.90. The molecular formula is C19H27BO4. The molecule has 0 aromatic heterocycles. The van der Waals surface area contributed by atoms with Crippen molar-refractivity contribution in [2.45, 2.75) is 51.8 Å². The first kappa shape index (κ1) is 16.4. The third-order valence-electron chi connectivity index (χ3n) is 6.39. The van der Waals surface area contributed by atoms with E-state index in [0.29, 0.717) is 36.8 Å². The lowest BCUT2D eigenvalue weighted by Gasteiger charge is -2.60. The summed E-state index contributed by atoms with van der Waals surface area (Å²) in [6, 6.07) is 7.98. The first-order valence-electron chi connectivity index (χ1n) is 9.09. The minimum atomic E-state index is -0.0917. The summed E-state index contributed by atoms with van der Waals surface area (Å²) in [4.78, 5) is 0. The van der Waals surface area contributed by atoms with E-state index in [1.807, 2.05) is 24.3 Å². The Kier molecular flexibility index (Phi) is 4.35. The molecule has 5 heteroatoms. The Labute approximate surface area is 145 Å². The van der Waals surface area contributed by atoms with E-state index in [1.54, 1.807) is 7.11 Å². The number of rotatable bonds is 6. The molecule has 4 atom stereocenters. The Morgan fingerprint density at radius 1 is 1.17 bits per heavy atom. The van der Waals surface area contributed by atoms with Crippen LogP contribution in [0.3, 0.4) is 0 Å². The molecule has 5 rings (SSSR count). The highest BCUT2D eigenvalue weighted by Gasteiger charge is 2.61. The number of hydrogen-bond acceptors (Lipinski definition) is 4. The summed E-state index contributed by atoms with van der Waals surface area (Å²) >= 11 is 0. The average molecular weight is 330 g/mol. The summed E-state index contributed by atoms with van der Waals surface area (Å²) in [5.74, 6) is 2.36. The van der Waals surface area contributed by atoms with Gasteiger partial charge in [0.15, 0.2) is 0 Å². The molecule has 1 aromatic carbocycles. The zero-order valence-corrected chi connectivity index (χ0v) is 14.9. The highest BCUT2D eigenvalue weighted by molar-refractivity contribution is 6.45. The van der Waals surface area contributed by atoms with Crippen molar-refractivity contribution in [1.29, 1.82) is 0 Å². The maximum absolute atomic E-state index is 6.21. The van der Waals surface area contributed by atoms with Crippen LogP contribution in [0.4, 0.5) is 0 Å². The normalized spacial score (nSPS) is 33.0. The Morgan fingerprint density at radius 3 is 2.67 bits per heavy atom. The Hall–Kier alpha value is -1.04. The molecule has 1 aromatic rings. The van der Waals surface area contributed by atoms with Crippen LogP contribution >= 0.6 is 0 Å². The van der Waals surface area contributed by atoms with E-state index < -0.39 is 0 Å². The van der Waals surface area contributed by atoms with Crippen molar-refractivity contribution in [1.82, 2.24) is 0 Å². The van der Waals surface area contributed by atoms with Gasteiger partial charge in [-0.3, -0.25) is 0 Å². The van der Waals surface area contributed by atoms with Gasteiger partial charge in [-0.1, -0.05) is 26.0 Å². The molecule has 1 unspecified atom stereocenters. The largest absolute Gasteiger partial charge is 0.497 e. The van der Waals surface area contributed by atoms with E-state index in [1.165, 1.54) is 6.42 Å². The van der Waals surface area contributed by atoms with E-state index in [2.05, 4.69) is 13.8 Å². The van der Waals surface area contributed by atoms with E-state index in [-0.39, 0.29) is 7.12 Å². The topological polar surface area (TPSA) is 36.9 Å². The number of ether oxygens (including phenoxy) is 2. The second-order valence-electron chi connectivity index (χ2n) is 7.99. The summed E-state index contributed by atoms with van der Waals surface area (Å²) in [5, 5.41) is 0. The van der Waals surface area contributed by atoms with Crippen molar-refractivity contribution >= 4 is 7.12 Å². The maximum Gasteiger partial charge on any atom is 0.459 e. The molecule has 1 heterocycles. The molecule has 24 heavy (non-hydrogen) atoms. The van der Waals surface area contributed by atoms with Crippen LogP contribution in [0.2, 0.25) is 6.32 Å². The van der Waals surface area contributed by atoms with Gasteiger partial charge in [-0.2, -0.15) is 0 Å². The Bertz CT molecular complexity index is 573. The van der Waals surface area contributed by atoms with Gasteiger partial charge in [0.05, 0.1) is 25.9 Å². The van der Waals surface area contributed by atoms with Crippen molar-refractivity contribution < 1.29 is 18.8 Å². The summed E-state index contributed by atoms with van der Waals surface area (Å²) < 4.78 is 23.3. The van der Waals surface area contributed by atoms with Crippen molar-refractivity contribution in [2.75, 3.05) is 13.7 Å². The van der Waals surface area contributed by atoms with Gasteiger partial charge in [0, 0.05) is 12.9 Å². The molecule has 1 aliphatic heterocycles. The zero-order valence-electron chi connectivity index (χ0n) is 14.9. The van der Waals surface area contributed by atoms with Crippen molar-refractivity contribution in [2.24, 2.45) is 17.3 Å². The highest BCUT2D eigenvalue weighted by Crippen LogP contribution is 2.61. The predicted octanol–water partition coefficient (Wildman–Crippen LogP) is 3.55. The van der Waals surface area contributed by atoms with Crippen LogP contribution in [0.25, 0.3) is 0 Å². The smallest absolute Gasteiger partial charge is 0.459 e. The summed E-state index contributed by atoms with van der Waals surface area (Å²) in [7, 11) is 1.58. The molecule has 1 saturated heterocycles. The molecular weight excluding hydrogens is 303 g/mol. The van der Waals surface area contributed by atoms with E-state index in [9.17, 15) is 0 Å². The lowest BCUT2D eigenvalue weighted by molar-refractivity contribution is -0.150. The molecule has 0 spiro atoms. The van der Waals surface area contributed by atoms with Gasteiger partial charge < -0.3 is 18.8 Å². The quantitative estimate of drug-likeness (QED) is 0.590. The van der Waals surface area contributed by atoms with Gasteiger partial charge in [0.25, 0.3) is 0 Å². The van der Waals surface area contributed by atoms with Crippen LogP contribution in [0.1, 0.15) is 32.3 Å². The molecule has 4 nitrogen and oxygen atoms in total. The van der Waals surface area contributed by atoms with Crippen LogP contribution in [0, 0.1) is 17.3 Å². The van der Waals surface area contributed by atoms with Gasteiger partial charge in [-0.15, -0.1) is 0 Å². The van der Waals surface area contributed by atoms with Crippen LogP contribution in [0.15, 0.2) is 24.3 Å². The van der Waals surface area contributed by atoms with E-state index >= 15 is 0 Å². The maximum atomic E-state index is 6.21. The molecule has 3 aliphatic carbocycles. The van der Waals surface area contributed by atoms with Gasteiger partial charge in [0.1, 0.15) is 5.75 Å². The SMILES string of the molecule is COc1ccc(COCCB2OC3[C@H](C[C@H]4C[C@@H]3C4(C)C)O2)cc1. The van der Waals surface area contributed by atoms with Crippen molar-refractivity contribution in [3.05, 3.63) is 29.8 Å². The fourth-order valence-electron chi connectivity index (χ4n) is 4.63. The molecule has 130 valence electrons. The third kappa shape index (κ3) is 2.87. The van der Waals surface area contributed by atoms with Gasteiger partial charge in [0.2, 0.25) is 0 Å². The van der Waals surface area contributed by atoms with Gasteiger partial charge in [-0.05, 0) is 47.8 Å². The lowest BCUT2D eigenvalue weighted by atomic mass is 9.47. The zero-order chi connectivity index (χ0) is 16.7. The second-order valence-corrected chi connectivity index (χ2v) is 7.99. The Morgan fingerprint density at radius 2 is 1.96 bits per heavy atom. The summed E-state index contributed by atoms with van der Waals surface area (Å²) in [6.45, 7) is 6.04. The molecule has 4 aliphatic rings. The minimum absolute atomic E-state index is 0.0917. The average Bonchev–Trinajstić information content (AvgIpc) is 3.01. The predicted molar refractivity (Wildman–Crippen MR) is 93.0 cm³/mol. The lowest BCUT2D eigenvalue weighted by Crippen LogP contribution is -2.59. The van der Waals surface area contributed by atoms with Gasteiger partial charge >= 0.3 is 7.12 Å². The Balaban J connectivity index is 1.20. The molecule has 0 amide bonds. The van der Waals surface area contributed by atoms with Crippen molar-refractivity contribution in [3.8, 4) is 5.75 Å². The monoisotopic (exact) mass is 330 g/mol. The van der Waals surface area contributed by atoms with Crippen LogP contribution < -0.4 is 4.74 Å². The summed E-state index contributed by atoms with van der Waals surface area (Å²) in [5.41, 5.74) is 1.59. The van der Waals surface area contributed by atoms with E-state index in [4.69, 9.17) is 18.8 Å². The molecule has 0 N–H and O–H groups in total. The van der Waals surface area contributed by atoms with Crippen LogP contribution in [-0.2, 0) is 20.7 Å². The highest BCUT2D eigenvalue weighted by atomic mass is 16.7. The second kappa shape index (κ2) is 6.36. The van der Waals surface area contributed by atoms with Crippen LogP contribution in [0.5, 0.6) is 5.75 Å². The van der Waals surface area contributed by atoms with E-state index in [0.717, 1.165) is 30.0 Å². The number of benzene rings is 1. The molecule has 4 fully saturated rings. The number of methoxy groups -OCH3 is 1. The standard InChI is InChI=1S/C19H27BO4/c1-19(2)14-10-16(19)18-17(11-14)23-20(24-18)8-9-22-12-13-4-6-15(21-3)7-5-13/h4-7,14,16-18H,8-12H2,1-3H3/t14-,16+,17+,18?/m1/s1.